The zero-order chi connectivity index (χ0) is 15.5. The Morgan fingerprint density at radius 1 is 1.19 bits per heavy atom. The predicted octanol–water partition coefficient (Wildman–Crippen LogP) is 1.21. The van der Waals surface area contributed by atoms with E-state index in [9.17, 15) is 4.79 Å². The molecular formula is C15H22N2O4. The lowest BCUT2D eigenvalue weighted by atomic mass is 9.80. The highest BCUT2D eigenvalue weighted by Gasteiger charge is 2.38. The minimum atomic E-state index is -0.980. The number of methoxy groups -OCH3 is 2. The summed E-state index contributed by atoms with van der Waals surface area (Å²) in [5.74, 6) is 1.45. The average Bonchev–Trinajstić information content (AvgIpc) is 2.46. The Bertz CT molecular complexity index is 498. The zero-order valence-electron chi connectivity index (χ0n) is 12.4. The van der Waals surface area contributed by atoms with Crippen LogP contribution in [0.15, 0.2) is 18.2 Å². The lowest BCUT2D eigenvalue weighted by molar-refractivity contribution is -0.125. The summed E-state index contributed by atoms with van der Waals surface area (Å²) in [6.07, 6.45) is 2.52. The number of nitrogens with two attached hydrogens (primary N) is 2. The summed E-state index contributed by atoms with van der Waals surface area (Å²) in [4.78, 5) is 11.5. The quantitative estimate of drug-likeness (QED) is 0.850. The standard InChI is InChI=1S/C15H22N2O4/c1-19-11-6-12(20-2)8-13(7-11)21-10-4-3-5-15(17,9-10)14(16)18/h6-8,10H,3-5,9,17H2,1-2H3,(H2,16,18). The van der Waals surface area contributed by atoms with Crippen LogP contribution >= 0.6 is 0 Å². The number of carbonyl (C=O) groups excluding carboxylic acids is 1. The van der Waals surface area contributed by atoms with Gasteiger partial charge in [-0.3, -0.25) is 4.79 Å². The van der Waals surface area contributed by atoms with E-state index in [2.05, 4.69) is 0 Å². The minimum absolute atomic E-state index is 0.145. The molecule has 0 bridgehead atoms. The first-order valence-corrected chi connectivity index (χ1v) is 6.95. The lowest BCUT2D eigenvalue weighted by Crippen LogP contribution is -2.56. The molecule has 2 rings (SSSR count). The number of rotatable bonds is 5. The summed E-state index contributed by atoms with van der Waals surface area (Å²) in [6, 6.07) is 5.32. The molecule has 21 heavy (non-hydrogen) atoms. The van der Waals surface area contributed by atoms with Crippen LogP contribution in [-0.4, -0.2) is 31.8 Å². The average molecular weight is 294 g/mol. The number of hydrogen-bond acceptors (Lipinski definition) is 5. The molecule has 1 fully saturated rings. The van der Waals surface area contributed by atoms with Gasteiger partial charge in [0, 0.05) is 24.6 Å². The maximum Gasteiger partial charge on any atom is 0.237 e. The van der Waals surface area contributed by atoms with Gasteiger partial charge in [-0.25, -0.2) is 0 Å². The van der Waals surface area contributed by atoms with Crippen LogP contribution in [0.5, 0.6) is 17.2 Å². The third-order valence-electron chi connectivity index (χ3n) is 3.86. The number of hydrogen-bond donors (Lipinski definition) is 2. The molecule has 1 aromatic rings. The molecule has 1 aromatic carbocycles. The van der Waals surface area contributed by atoms with Gasteiger partial charge < -0.3 is 25.7 Å². The Morgan fingerprint density at radius 2 is 1.76 bits per heavy atom. The van der Waals surface area contributed by atoms with Crippen molar-refractivity contribution in [1.29, 1.82) is 0 Å². The van der Waals surface area contributed by atoms with Crippen LogP contribution in [0.4, 0.5) is 0 Å². The largest absolute Gasteiger partial charge is 0.496 e. The second kappa shape index (κ2) is 6.22. The van der Waals surface area contributed by atoms with Crippen LogP contribution in [-0.2, 0) is 4.79 Å². The fourth-order valence-electron chi connectivity index (χ4n) is 2.62. The molecule has 2 atom stereocenters. The molecule has 2 unspecified atom stereocenters. The Kier molecular flexibility index (Phi) is 4.57. The van der Waals surface area contributed by atoms with E-state index >= 15 is 0 Å². The summed E-state index contributed by atoms with van der Waals surface area (Å²) in [7, 11) is 3.16. The molecule has 6 nitrogen and oxygen atoms in total. The Morgan fingerprint density at radius 3 is 2.29 bits per heavy atom. The van der Waals surface area contributed by atoms with E-state index < -0.39 is 11.4 Å². The van der Waals surface area contributed by atoms with Gasteiger partial charge in [-0.15, -0.1) is 0 Å². The van der Waals surface area contributed by atoms with E-state index in [0.29, 0.717) is 30.1 Å². The second-order valence-electron chi connectivity index (χ2n) is 5.40. The van der Waals surface area contributed by atoms with Gasteiger partial charge in [0.05, 0.1) is 19.8 Å². The zero-order valence-corrected chi connectivity index (χ0v) is 12.4. The summed E-state index contributed by atoms with van der Waals surface area (Å²) >= 11 is 0. The molecule has 4 N–H and O–H groups in total. The second-order valence-corrected chi connectivity index (χ2v) is 5.40. The van der Waals surface area contributed by atoms with Gasteiger partial charge in [-0.1, -0.05) is 0 Å². The number of benzene rings is 1. The normalized spacial score (nSPS) is 25.2. The molecule has 1 aliphatic rings. The van der Waals surface area contributed by atoms with Gasteiger partial charge in [0.15, 0.2) is 0 Å². The van der Waals surface area contributed by atoms with E-state index in [1.165, 1.54) is 0 Å². The maximum absolute atomic E-state index is 11.5. The van der Waals surface area contributed by atoms with Crippen LogP contribution in [0.3, 0.4) is 0 Å². The van der Waals surface area contributed by atoms with E-state index in [0.717, 1.165) is 12.8 Å². The topological polar surface area (TPSA) is 96.8 Å². The molecule has 0 aromatic heterocycles. The molecule has 0 spiro atoms. The number of primary amides is 1. The first-order chi connectivity index (χ1) is 9.96. The highest BCUT2D eigenvalue weighted by Crippen LogP contribution is 2.32. The highest BCUT2D eigenvalue weighted by atomic mass is 16.5. The van der Waals surface area contributed by atoms with Crippen molar-refractivity contribution in [1.82, 2.24) is 0 Å². The van der Waals surface area contributed by atoms with Crippen LogP contribution < -0.4 is 25.7 Å². The van der Waals surface area contributed by atoms with Crippen molar-refractivity contribution in [2.24, 2.45) is 11.5 Å². The van der Waals surface area contributed by atoms with Crippen LogP contribution in [0.25, 0.3) is 0 Å². The molecule has 0 heterocycles. The van der Waals surface area contributed by atoms with Gasteiger partial charge >= 0.3 is 0 Å². The van der Waals surface area contributed by atoms with Crippen molar-refractivity contribution in [3.8, 4) is 17.2 Å². The molecule has 1 saturated carbocycles. The van der Waals surface area contributed by atoms with Gasteiger partial charge in [0.2, 0.25) is 5.91 Å². The summed E-state index contributed by atoms with van der Waals surface area (Å²) in [6.45, 7) is 0. The fourth-order valence-corrected chi connectivity index (χ4v) is 2.62. The molecule has 1 aliphatic carbocycles. The van der Waals surface area contributed by atoms with Crippen molar-refractivity contribution in [3.05, 3.63) is 18.2 Å². The van der Waals surface area contributed by atoms with E-state index in [1.54, 1.807) is 32.4 Å². The van der Waals surface area contributed by atoms with Crippen LogP contribution in [0.1, 0.15) is 25.7 Å². The molecular weight excluding hydrogens is 272 g/mol. The fraction of sp³-hybridized carbons (Fsp3) is 0.533. The van der Waals surface area contributed by atoms with Crippen molar-refractivity contribution in [3.63, 3.8) is 0 Å². The van der Waals surface area contributed by atoms with Crippen molar-refractivity contribution < 1.29 is 19.0 Å². The van der Waals surface area contributed by atoms with Gasteiger partial charge in [0.25, 0.3) is 0 Å². The molecule has 6 heteroatoms. The van der Waals surface area contributed by atoms with E-state index in [-0.39, 0.29) is 6.10 Å². The number of amides is 1. The van der Waals surface area contributed by atoms with Gasteiger partial charge in [-0.05, 0) is 19.3 Å². The molecule has 116 valence electrons. The first-order valence-electron chi connectivity index (χ1n) is 6.95. The highest BCUT2D eigenvalue weighted by molar-refractivity contribution is 5.84. The molecule has 0 saturated heterocycles. The SMILES string of the molecule is COc1cc(OC)cc(OC2CCCC(N)(C(N)=O)C2)c1. The first kappa shape index (κ1) is 15.4. The molecule has 0 aliphatic heterocycles. The van der Waals surface area contributed by atoms with Gasteiger partial charge in [0.1, 0.15) is 23.4 Å². The summed E-state index contributed by atoms with van der Waals surface area (Å²) < 4.78 is 16.4. The minimum Gasteiger partial charge on any atom is -0.496 e. The third kappa shape index (κ3) is 3.58. The van der Waals surface area contributed by atoms with E-state index in [4.69, 9.17) is 25.7 Å². The monoisotopic (exact) mass is 294 g/mol. The van der Waals surface area contributed by atoms with Gasteiger partial charge in [-0.2, -0.15) is 0 Å². The molecule has 1 amide bonds. The predicted molar refractivity (Wildman–Crippen MR) is 78.5 cm³/mol. The Balaban J connectivity index is 2.12. The number of carbonyl (C=O) groups is 1. The van der Waals surface area contributed by atoms with Crippen LogP contribution in [0, 0.1) is 0 Å². The Labute approximate surface area is 124 Å². The van der Waals surface area contributed by atoms with Crippen molar-refractivity contribution in [2.75, 3.05) is 14.2 Å². The van der Waals surface area contributed by atoms with Crippen molar-refractivity contribution in [2.45, 2.75) is 37.3 Å². The smallest absolute Gasteiger partial charge is 0.237 e. The van der Waals surface area contributed by atoms with E-state index in [1.807, 2.05) is 0 Å². The Hall–Kier alpha value is -1.95. The maximum atomic E-state index is 11.5. The lowest BCUT2D eigenvalue weighted by Gasteiger charge is -2.35. The summed E-state index contributed by atoms with van der Waals surface area (Å²) in [5, 5.41) is 0. The number of ether oxygens (including phenoxy) is 3. The third-order valence-corrected chi connectivity index (χ3v) is 3.86. The summed E-state index contributed by atoms with van der Waals surface area (Å²) in [5.41, 5.74) is 10.5. The van der Waals surface area contributed by atoms with Crippen LogP contribution in [0.2, 0.25) is 0 Å². The molecule has 0 radical (unpaired) electrons. The van der Waals surface area contributed by atoms with Crippen molar-refractivity contribution >= 4 is 5.91 Å².